The van der Waals surface area contributed by atoms with Crippen molar-refractivity contribution in [1.82, 2.24) is 4.90 Å². The monoisotopic (exact) mass is 419 g/mol. The van der Waals surface area contributed by atoms with E-state index in [4.69, 9.17) is 4.74 Å². The van der Waals surface area contributed by atoms with Gasteiger partial charge < -0.3 is 9.84 Å². The summed E-state index contributed by atoms with van der Waals surface area (Å²) in [7, 11) is 0. The van der Waals surface area contributed by atoms with E-state index in [1.807, 2.05) is 48.5 Å². The summed E-state index contributed by atoms with van der Waals surface area (Å²) < 4.78 is 34.7. The number of likely N-dealkylation sites (tertiary alicyclic amines) is 1. The summed E-state index contributed by atoms with van der Waals surface area (Å²) in [4.78, 5) is 2.40. The highest BCUT2D eigenvalue weighted by Gasteiger charge is 2.39. The molecule has 0 amide bonds. The Balaban J connectivity index is 1.46. The predicted octanol–water partition coefficient (Wildman–Crippen LogP) is 5.53. The number of ether oxygens (including phenoxy) is 1. The molecule has 1 saturated heterocycles. The number of para-hydroxylation sites is 1. The topological polar surface area (TPSA) is 32.7 Å². The second kappa shape index (κ2) is 7.82. The van der Waals surface area contributed by atoms with Gasteiger partial charge in [0.05, 0.1) is 0 Å². The van der Waals surface area contributed by atoms with E-state index in [1.54, 1.807) is 0 Å². The van der Waals surface area contributed by atoms with Crippen LogP contribution in [0.25, 0.3) is 5.57 Å². The molecule has 0 unspecified atom stereocenters. The molecule has 1 N–H and O–H groups in total. The number of fused-ring (bicyclic) bond motifs is 1. The van der Waals surface area contributed by atoms with E-state index in [0.29, 0.717) is 11.3 Å². The Morgan fingerprint density at radius 1 is 0.903 bits per heavy atom. The average molecular weight is 419 g/mol. The van der Waals surface area contributed by atoms with Crippen LogP contribution >= 0.6 is 0 Å². The molecule has 0 aliphatic carbocycles. The molecule has 0 atom stereocenters. The van der Waals surface area contributed by atoms with Gasteiger partial charge in [0, 0.05) is 38.0 Å². The second-order valence-corrected chi connectivity index (χ2v) is 8.27. The van der Waals surface area contributed by atoms with Gasteiger partial charge in [-0.15, -0.1) is 0 Å². The number of phenolic OH excluding ortho intramolecular Hbond substituents is 1. The van der Waals surface area contributed by atoms with E-state index in [1.165, 1.54) is 17.7 Å². The van der Waals surface area contributed by atoms with Crippen molar-refractivity contribution in [3.8, 4) is 11.5 Å². The number of halogens is 2. The van der Waals surface area contributed by atoms with Gasteiger partial charge in [0.2, 0.25) is 0 Å². The fourth-order valence-electron chi connectivity index (χ4n) is 4.50. The highest BCUT2D eigenvalue weighted by Crippen LogP contribution is 2.44. The van der Waals surface area contributed by atoms with E-state index in [9.17, 15) is 13.9 Å². The lowest BCUT2D eigenvalue weighted by Crippen LogP contribution is -2.47. The van der Waals surface area contributed by atoms with Crippen LogP contribution in [0.4, 0.5) is 8.78 Å². The molecular weight excluding hydrogens is 396 g/mol. The number of benzene rings is 3. The largest absolute Gasteiger partial charge is 0.503 e. The first-order chi connectivity index (χ1) is 15.0. The molecule has 2 aliphatic heterocycles. The molecule has 1 fully saturated rings. The molecule has 0 saturated carbocycles. The zero-order valence-electron chi connectivity index (χ0n) is 17.0. The Labute approximate surface area is 180 Å². The summed E-state index contributed by atoms with van der Waals surface area (Å²) in [5.74, 6) is -2.17. The van der Waals surface area contributed by atoms with Crippen LogP contribution in [0.3, 0.4) is 0 Å². The molecule has 5 rings (SSSR count). The first-order valence-electron chi connectivity index (χ1n) is 10.5. The van der Waals surface area contributed by atoms with E-state index >= 15 is 0 Å². The third-order valence-corrected chi connectivity index (χ3v) is 6.18. The van der Waals surface area contributed by atoms with Crippen molar-refractivity contribution in [2.45, 2.75) is 25.0 Å². The summed E-state index contributed by atoms with van der Waals surface area (Å²) >= 11 is 0. The quantitative estimate of drug-likeness (QED) is 0.606. The van der Waals surface area contributed by atoms with Crippen LogP contribution in [0.2, 0.25) is 0 Å². The average Bonchev–Trinajstić information content (AvgIpc) is 2.79. The summed E-state index contributed by atoms with van der Waals surface area (Å²) in [6.45, 7) is 2.61. The SMILES string of the molecule is Oc1c(F)cc(C2=CC3(CCN(Cc4ccccc4)CC3)Oc3ccccc32)cc1F. The van der Waals surface area contributed by atoms with Crippen molar-refractivity contribution in [1.29, 1.82) is 0 Å². The zero-order valence-corrected chi connectivity index (χ0v) is 17.0. The fraction of sp³-hybridized carbons (Fsp3) is 0.231. The van der Waals surface area contributed by atoms with Crippen LogP contribution < -0.4 is 4.74 Å². The molecule has 3 aromatic carbocycles. The van der Waals surface area contributed by atoms with E-state index in [2.05, 4.69) is 17.0 Å². The Bertz CT molecular complexity index is 1110. The van der Waals surface area contributed by atoms with Gasteiger partial charge in [-0.3, -0.25) is 4.90 Å². The number of nitrogens with zero attached hydrogens (tertiary/aromatic N) is 1. The van der Waals surface area contributed by atoms with E-state index < -0.39 is 23.0 Å². The number of hydrogen-bond donors (Lipinski definition) is 1. The lowest BCUT2D eigenvalue weighted by molar-refractivity contribution is 0.0356. The van der Waals surface area contributed by atoms with Crippen LogP contribution in [-0.2, 0) is 6.54 Å². The first kappa shape index (κ1) is 19.8. The molecular formula is C26H23F2NO2. The molecule has 31 heavy (non-hydrogen) atoms. The van der Waals surface area contributed by atoms with Gasteiger partial charge in [-0.25, -0.2) is 8.78 Å². The van der Waals surface area contributed by atoms with Crippen LogP contribution in [0.5, 0.6) is 11.5 Å². The maximum absolute atomic E-state index is 14.1. The van der Waals surface area contributed by atoms with Gasteiger partial charge >= 0.3 is 0 Å². The predicted molar refractivity (Wildman–Crippen MR) is 116 cm³/mol. The van der Waals surface area contributed by atoms with Gasteiger partial charge in [0.1, 0.15) is 11.4 Å². The number of rotatable bonds is 3. The Kier molecular flexibility index (Phi) is 4.98. The number of phenols is 1. The third-order valence-electron chi connectivity index (χ3n) is 6.18. The molecule has 3 aromatic rings. The summed E-state index contributed by atoms with van der Waals surface area (Å²) in [5, 5.41) is 9.52. The molecule has 158 valence electrons. The molecule has 3 nitrogen and oxygen atoms in total. The van der Waals surface area contributed by atoms with Crippen LogP contribution in [0, 0.1) is 11.6 Å². The molecule has 2 aliphatic rings. The van der Waals surface area contributed by atoms with Gasteiger partial charge in [-0.2, -0.15) is 0 Å². The standard InChI is InChI=1S/C26H23F2NO2/c27-22-14-19(15-23(28)25(22)30)21-16-26(31-24-9-5-4-8-20(21)24)10-12-29(13-11-26)17-18-6-2-1-3-7-18/h1-9,14-16,30H,10-13,17H2. The van der Waals surface area contributed by atoms with Crippen molar-refractivity contribution in [3.63, 3.8) is 0 Å². The zero-order chi connectivity index (χ0) is 21.4. The molecule has 2 heterocycles. The number of hydrogen-bond acceptors (Lipinski definition) is 3. The Morgan fingerprint density at radius 3 is 2.26 bits per heavy atom. The van der Waals surface area contributed by atoms with Crippen molar-refractivity contribution < 1.29 is 18.6 Å². The first-order valence-corrected chi connectivity index (χ1v) is 10.5. The Morgan fingerprint density at radius 2 is 1.55 bits per heavy atom. The minimum atomic E-state index is -0.966. The van der Waals surface area contributed by atoms with Crippen molar-refractivity contribution in [2.24, 2.45) is 0 Å². The highest BCUT2D eigenvalue weighted by atomic mass is 19.1. The van der Waals surface area contributed by atoms with Crippen LogP contribution in [-0.4, -0.2) is 28.7 Å². The number of aromatic hydroxyl groups is 1. The van der Waals surface area contributed by atoms with Crippen molar-refractivity contribution in [2.75, 3.05) is 13.1 Å². The Hall–Kier alpha value is -3.18. The van der Waals surface area contributed by atoms with Crippen LogP contribution in [0.1, 0.15) is 29.5 Å². The third kappa shape index (κ3) is 3.81. The van der Waals surface area contributed by atoms with Crippen LogP contribution in [0.15, 0.2) is 72.8 Å². The van der Waals surface area contributed by atoms with E-state index in [0.717, 1.165) is 43.6 Å². The lowest BCUT2D eigenvalue weighted by Gasteiger charge is -2.43. The van der Waals surface area contributed by atoms with Gasteiger partial charge in [-0.1, -0.05) is 48.5 Å². The summed E-state index contributed by atoms with van der Waals surface area (Å²) in [6.07, 6.45) is 3.57. The molecule has 5 heteroatoms. The van der Waals surface area contributed by atoms with E-state index in [-0.39, 0.29) is 0 Å². The second-order valence-electron chi connectivity index (χ2n) is 8.27. The maximum atomic E-state index is 14.1. The van der Waals surface area contributed by atoms with Gasteiger partial charge in [-0.05, 0) is 41.0 Å². The minimum Gasteiger partial charge on any atom is -0.503 e. The van der Waals surface area contributed by atoms with Crippen molar-refractivity contribution >= 4 is 5.57 Å². The lowest BCUT2D eigenvalue weighted by atomic mass is 9.82. The number of piperidine rings is 1. The van der Waals surface area contributed by atoms with Gasteiger partial charge in [0.15, 0.2) is 17.4 Å². The molecule has 1 spiro atoms. The maximum Gasteiger partial charge on any atom is 0.187 e. The normalized spacial score (nSPS) is 17.7. The smallest absolute Gasteiger partial charge is 0.187 e. The minimum absolute atomic E-state index is 0.398. The molecule has 0 aromatic heterocycles. The van der Waals surface area contributed by atoms with Gasteiger partial charge in [0.25, 0.3) is 0 Å². The highest BCUT2D eigenvalue weighted by molar-refractivity contribution is 5.85. The summed E-state index contributed by atoms with van der Waals surface area (Å²) in [6, 6.07) is 20.3. The summed E-state index contributed by atoms with van der Waals surface area (Å²) in [5.41, 5.74) is 2.68. The fourth-order valence-corrected chi connectivity index (χ4v) is 4.50. The molecule has 0 radical (unpaired) electrons. The van der Waals surface area contributed by atoms with Crippen molar-refractivity contribution in [3.05, 3.63) is 101 Å². The molecule has 0 bridgehead atoms.